The Balaban J connectivity index is 1.52. The molecule has 184 valence electrons. The van der Waals surface area contributed by atoms with Gasteiger partial charge in [0.05, 0.1) is 6.04 Å². The number of carbonyl (C=O) groups excluding carboxylic acids is 2. The van der Waals surface area contributed by atoms with Gasteiger partial charge in [-0.1, -0.05) is 18.5 Å². The van der Waals surface area contributed by atoms with Gasteiger partial charge in [0.1, 0.15) is 24.7 Å². The molecule has 2 amide bonds. The fourth-order valence-corrected chi connectivity index (χ4v) is 5.35. The summed E-state index contributed by atoms with van der Waals surface area (Å²) < 4.78 is 19.4. The average molecular weight is 515 g/mol. The number of ether oxygens (including phenoxy) is 1. The summed E-state index contributed by atoms with van der Waals surface area (Å²) in [6.45, 7) is 5.13. The van der Waals surface area contributed by atoms with Crippen molar-refractivity contribution < 1.29 is 18.7 Å². The standard InChI is InChI=1S/C27H28ClFN2O3S/c1-3-12-30(27(33)19-4-6-20(29)7-5-19)16-26(32)31-13-10-25-22(11-14-35-25)24(31)17-34-21-8-9-23(28)18(2)15-21/h4-9,11,14-15,24H,3,10,12-13,16-17H2,1-2H3. The molecule has 1 unspecified atom stereocenters. The molecule has 1 aliphatic rings. The van der Waals surface area contributed by atoms with Gasteiger partial charge >= 0.3 is 0 Å². The summed E-state index contributed by atoms with van der Waals surface area (Å²) in [7, 11) is 0. The molecule has 3 aromatic rings. The molecular weight excluding hydrogens is 487 g/mol. The van der Waals surface area contributed by atoms with Gasteiger partial charge in [-0.05, 0) is 84.8 Å². The van der Waals surface area contributed by atoms with E-state index in [0.29, 0.717) is 42.5 Å². The molecule has 1 atom stereocenters. The second-order valence-electron chi connectivity index (χ2n) is 8.61. The maximum absolute atomic E-state index is 13.5. The third-order valence-electron chi connectivity index (χ3n) is 6.15. The fraction of sp³-hybridized carbons (Fsp3) is 0.333. The summed E-state index contributed by atoms with van der Waals surface area (Å²) >= 11 is 7.83. The molecule has 8 heteroatoms. The zero-order valence-corrected chi connectivity index (χ0v) is 21.4. The van der Waals surface area contributed by atoms with Crippen LogP contribution in [0.4, 0.5) is 4.39 Å². The van der Waals surface area contributed by atoms with Crippen molar-refractivity contribution in [3.8, 4) is 5.75 Å². The number of amides is 2. The van der Waals surface area contributed by atoms with Gasteiger partial charge in [-0.25, -0.2) is 4.39 Å². The second-order valence-corrected chi connectivity index (χ2v) is 10.0. The lowest BCUT2D eigenvalue weighted by Gasteiger charge is -2.37. The number of halogens is 2. The number of benzene rings is 2. The first-order valence-corrected chi connectivity index (χ1v) is 12.9. The molecule has 5 nitrogen and oxygen atoms in total. The van der Waals surface area contributed by atoms with Crippen LogP contribution in [0.2, 0.25) is 5.02 Å². The minimum absolute atomic E-state index is 0.0416. The third kappa shape index (κ3) is 5.85. The minimum Gasteiger partial charge on any atom is -0.491 e. The van der Waals surface area contributed by atoms with Crippen molar-refractivity contribution >= 4 is 34.8 Å². The molecule has 1 aliphatic heterocycles. The maximum Gasteiger partial charge on any atom is 0.254 e. The van der Waals surface area contributed by atoms with Crippen molar-refractivity contribution in [3.05, 3.63) is 86.3 Å². The van der Waals surface area contributed by atoms with E-state index in [4.69, 9.17) is 16.3 Å². The lowest BCUT2D eigenvalue weighted by Crippen LogP contribution is -2.48. The SMILES string of the molecule is CCCN(CC(=O)N1CCc2sccc2C1COc1ccc(Cl)c(C)c1)C(=O)c1ccc(F)cc1. The van der Waals surface area contributed by atoms with Crippen LogP contribution in [0.3, 0.4) is 0 Å². The van der Waals surface area contributed by atoms with Crippen LogP contribution in [-0.4, -0.2) is 47.9 Å². The highest BCUT2D eigenvalue weighted by molar-refractivity contribution is 7.10. The Hall–Kier alpha value is -2.90. The molecule has 35 heavy (non-hydrogen) atoms. The van der Waals surface area contributed by atoms with Crippen LogP contribution in [-0.2, 0) is 11.2 Å². The Morgan fingerprint density at radius 2 is 1.97 bits per heavy atom. The zero-order valence-electron chi connectivity index (χ0n) is 19.8. The summed E-state index contributed by atoms with van der Waals surface area (Å²) in [5.41, 5.74) is 2.38. The van der Waals surface area contributed by atoms with E-state index in [9.17, 15) is 14.0 Å². The van der Waals surface area contributed by atoms with Gasteiger partial charge in [0, 0.05) is 28.6 Å². The predicted octanol–water partition coefficient (Wildman–Crippen LogP) is 5.91. The second kappa shape index (κ2) is 11.2. The molecule has 0 spiro atoms. The molecule has 0 saturated carbocycles. The lowest BCUT2D eigenvalue weighted by molar-refractivity contribution is -0.135. The Labute approximate surface area is 214 Å². The number of fused-ring (bicyclic) bond motifs is 1. The summed E-state index contributed by atoms with van der Waals surface area (Å²) in [5.74, 6) is -0.122. The van der Waals surface area contributed by atoms with E-state index in [2.05, 4.69) is 0 Å². The number of nitrogens with zero attached hydrogens (tertiary/aromatic N) is 2. The molecule has 0 saturated heterocycles. The monoisotopic (exact) mass is 514 g/mol. The molecule has 2 aromatic carbocycles. The highest BCUT2D eigenvalue weighted by atomic mass is 35.5. The number of aryl methyl sites for hydroxylation is 1. The quantitative estimate of drug-likeness (QED) is 0.375. The van der Waals surface area contributed by atoms with E-state index in [1.807, 2.05) is 42.3 Å². The number of rotatable bonds is 8. The smallest absolute Gasteiger partial charge is 0.254 e. The van der Waals surface area contributed by atoms with Gasteiger partial charge in [-0.2, -0.15) is 0 Å². The Morgan fingerprint density at radius 3 is 2.69 bits per heavy atom. The van der Waals surface area contributed by atoms with E-state index in [1.54, 1.807) is 22.3 Å². The topological polar surface area (TPSA) is 49.9 Å². The van der Waals surface area contributed by atoms with Crippen molar-refractivity contribution in [2.75, 3.05) is 26.2 Å². The average Bonchev–Trinajstić information content (AvgIpc) is 3.33. The van der Waals surface area contributed by atoms with Crippen molar-refractivity contribution in [1.29, 1.82) is 0 Å². The van der Waals surface area contributed by atoms with E-state index in [0.717, 1.165) is 17.5 Å². The van der Waals surface area contributed by atoms with Crippen LogP contribution in [0.15, 0.2) is 53.9 Å². The number of thiophene rings is 1. The molecule has 0 fully saturated rings. The first-order chi connectivity index (χ1) is 16.9. The highest BCUT2D eigenvalue weighted by Crippen LogP contribution is 2.34. The maximum atomic E-state index is 13.5. The molecule has 0 aliphatic carbocycles. The van der Waals surface area contributed by atoms with Crippen molar-refractivity contribution in [2.45, 2.75) is 32.7 Å². The first kappa shape index (κ1) is 25.2. The van der Waals surface area contributed by atoms with Crippen LogP contribution < -0.4 is 4.74 Å². The van der Waals surface area contributed by atoms with Crippen LogP contribution in [0.1, 0.15) is 45.7 Å². The molecule has 1 aromatic heterocycles. The summed E-state index contributed by atoms with van der Waals surface area (Å²) in [6.07, 6.45) is 1.48. The number of carbonyl (C=O) groups is 2. The Bertz CT molecular complexity index is 1200. The van der Waals surface area contributed by atoms with Gasteiger partial charge in [0.15, 0.2) is 0 Å². The van der Waals surface area contributed by atoms with Crippen LogP contribution in [0.25, 0.3) is 0 Å². The zero-order chi connectivity index (χ0) is 24.9. The van der Waals surface area contributed by atoms with E-state index < -0.39 is 5.82 Å². The molecule has 2 heterocycles. The third-order valence-corrected chi connectivity index (χ3v) is 7.57. The van der Waals surface area contributed by atoms with Crippen molar-refractivity contribution in [3.63, 3.8) is 0 Å². The largest absolute Gasteiger partial charge is 0.491 e. The van der Waals surface area contributed by atoms with Crippen LogP contribution >= 0.6 is 22.9 Å². The van der Waals surface area contributed by atoms with E-state index in [1.165, 1.54) is 29.1 Å². The first-order valence-electron chi connectivity index (χ1n) is 11.7. The molecule has 0 radical (unpaired) electrons. The molecule has 0 N–H and O–H groups in total. The molecular formula is C27H28ClFN2O3S. The summed E-state index contributed by atoms with van der Waals surface area (Å²) in [5, 5.41) is 2.72. The van der Waals surface area contributed by atoms with Gasteiger partial charge in [0.2, 0.25) is 5.91 Å². The number of hydrogen-bond acceptors (Lipinski definition) is 4. The van der Waals surface area contributed by atoms with Crippen LogP contribution in [0.5, 0.6) is 5.75 Å². The van der Waals surface area contributed by atoms with Gasteiger partial charge in [-0.3, -0.25) is 9.59 Å². The van der Waals surface area contributed by atoms with Gasteiger partial charge in [0.25, 0.3) is 5.91 Å². The van der Waals surface area contributed by atoms with E-state index >= 15 is 0 Å². The fourth-order valence-electron chi connectivity index (χ4n) is 4.31. The normalized spacial score (nSPS) is 15.0. The molecule has 0 bridgehead atoms. The summed E-state index contributed by atoms with van der Waals surface area (Å²) in [4.78, 5) is 31.2. The highest BCUT2D eigenvalue weighted by Gasteiger charge is 2.33. The number of hydrogen-bond donors (Lipinski definition) is 0. The Morgan fingerprint density at radius 1 is 1.20 bits per heavy atom. The Kier molecular flexibility index (Phi) is 8.08. The van der Waals surface area contributed by atoms with Crippen LogP contribution in [0, 0.1) is 12.7 Å². The molecule has 4 rings (SSSR count). The predicted molar refractivity (Wildman–Crippen MR) is 137 cm³/mol. The van der Waals surface area contributed by atoms with E-state index in [-0.39, 0.29) is 24.4 Å². The van der Waals surface area contributed by atoms with Crippen molar-refractivity contribution in [2.24, 2.45) is 0 Å². The van der Waals surface area contributed by atoms with Gasteiger partial charge in [-0.15, -0.1) is 11.3 Å². The lowest BCUT2D eigenvalue weighted by atomic mass is 10.00. The van der Waals surface area contributed by atoms with Gasteiger partial charge < -0.3 is 14.5 Å². The minimum atomic E-state index is -0.404. The summed E-state index contributed by atoms with van der Waals surface area (Å²) in [6, 6.07) is 12.7. The van der Waals surface area contributed by atoms with Crippen molar-refractivity contribution in [1.82, 2.24) is 9.80 Å².